The van der Waals surface area contributed by atoms with Crippen LogP contribution < -0.4 is 5.32 Å². The largest absolute Gasteiger partial charge is 0.312 e. The third-order valence-electron chi connectivity index (χ3n) is 6.16. The molecule has 0 bridgehead atoms. The van der Waals surface area contributed by atoms with E-state index in [2.05, 4.69) is 24.1 Å². The van der Waals surface area contributed by atoms with Crippen LogP contribution in [0.1, 0.15) is 71.6 Å². The number of likely N-dealkylation sites (tertiary alicyclic amines) is 1. The molecule has 0 radical (unpaired) electrons. The first-order valence-electron chi connectivity index (χ1n) is 9.73. The minimum atomic E-state index is 0.753. The van der Waals surface area contributed by atoms with E-state index in [4.69, 9.17) is 0 Å². The van der Waals surface area contributed by atoms with Gasteiger partial charge in [0.1, 0.15) is 0 Å². The highest BCUT2D eigenvalue weighted by Crippen LogP contribution is 2.38. The van der Waals surface area contributed by atoms with Gasteiger partial charge in [0.05, 0.1) is 0 Å². The Kier molecular flexibility index (Phi) is 5.61. The van der Waals surface area contributed by atoms with Crippen LogP contribution in [0.2, 0.25) is 0 Å². The molecule has 0 aromatic heterocycles. The van der Waals surface area contributed by atoms with Gasteiger partial charge in [0, 0.05) is 25.2 Å². The molecule has 2 nitrogen and oxygen atoms in total. The summed E-state index contributed by atoms with van der Waals surface area (Å²) >= 11 is 0. The van der Waals surface area contributed by atoms with Crippen LogP contribution in [0, 0.1) is 17.8 Å². The van der Waals surface area contributed by atoms with E-state index in [1.54, 1.807) is 0 Å². The third kappa shape index (κ3) is 4.45. The first-order valence-corrected chi connectivity index (χ1v) is 9.73. The van der Waals surface area contributed by atoms with E-state index < -0.39 is 0 Å². The molecule has 3 unspecified atom stereocenters. The van der Waals surface area contributed by atoms with Crippen molar-refractivity contribution < 1.29 is 0 Å². The Labute approximate surface area is 132 Å². The first kappa shape index (κ1) is 15.8. The summed E-state index contributed by atoms with van der Waals surface area (Å²) in [5, 5.41) is 3.95. The second kappa shape index (κ2) is 7.46. The predicted octanol–water partition coefficient (Wildman–Crippen LogP) is 4.06. The fourth-order valence-corrected chi connectivity index (χ4v) is 4.91. The van der Waals surface area contributed by atoms with Gasteiger partial charge in [-0.15, -0.1) is 0 Å². The van der Waals surface area contributed by atoms with Crippen LogP contribution in [-0.2, 0) is 0 Å². The molecule has 1 saturated heterocycles. The molecule has 3 rings (SSSR count). The topological polar surface area (TPSA) is 15.3 Å². The van der Waals surface area contributed by atoms with Crippen molar-refractivity contribution in [1.29, 1.82) is 0 Å². The normalized spacial score (nSPS) is 34.0. The van der Waals surface area contributed by atoms with E-state index in [1.807, 2.05) is 0 Å². The maximum Gasteiger partial charge on any atom is 0.0198 e. The van der Waals surface area contributed by atoms with Crippen molar-refractivity contribution in [2.24, 2.45) is 17.8 Å². The van der Waals surface area contributed by atoms with Crippen LogP contribution in [0.3, 0.4) is 0 Å². The van der Waals surface area contributed by atoms with Crippen molar-refractivity contribution >= 4 is 0 Å². The van der Waals surface area contributed by atoms with Crippen LogP contribution in [0.5, 0.6) is 0 Å². The molecule has 0 spiro atoms. The number of hydrogen-bond acceptors (Lipinski definition) is 2. The molecule has 3 aliphatic rings. The van der Waals surface area contributed by atoms with Crippen molar-refractivity contribution in [3.05, 3.63) is 0 Å². The predicted molar refractivity (Wildman–Crippen MR) is 90.5 cm³/mol. The molecule has 2 saturated carbocycles. The molecule has 1 aliphatic heterocycles. The maximum absolute atomic E-state index is 3.95. The molecule has 21 heavy (non-hydrogen) atoms. The second-order valence-corrected chi connectivity index (χ2v) is 8.22. The van der Waals surface area contributed by atoms with Crippen molar-refractivity contribution in [2.45, 2.75) is 83.7 Å². The summed E-state index contributed by atoms with van der Waals surface area (Å²) in [5.41, 5.74) is 0. The minimum absolute atomic E-state index is 0.753. The van der Waals surface area contributed by atoms with Gasteiger partial charge in [0.2, 0.25) is 0 Å². The Balaban J connectivity index is 1.47. The second-order valence-electron chi connectivity index (χ2n) is 8.22. The molecule has 1 heterocycles. The Morgan fingerprint density at radius 2 is 1.81 bits per heavy atom. The summed E-state index contributed by atoms with van der Waals surface area (Å²) in [7, 11) is 0. The van der Waals surface area contributed by atoms with Gasteiger partial charge < -0.3 is 5.32 Å². The van der Waals surface area contributed by atoms with Gasteiger partial charge in [-0.3, -0.25) is 4.90 Å². The molecule has 3 atom stereocenters. The van der Waals surface area contributed by atoms with E-state index in [-0.39, 0.29) is 0 Å². The van der Waals surface area contributed by atoms with Gasteiger partial charge in [-0.05, 0) is 62.8 Å². The van der Waals surface area contributed by atoms with Gasteiger partial charge in [0.25, 0.3) is 0 Å². The van der Waals surface area contributed by atoms with Gasteiger partial charge >= 0.3 is 0 Å². The van der Waals surface area contributed by atoms with Gasteiger partial charge in [-0.2, -0.15) is 0 Å². The third-order valence-corrected chi connectivity index (χ3v) is 6.16. The Morgan fingerprint density at radius 1 is 1.05 bits per heavy atom. The van der Waals surface area contributed by atoms with Crippen molar-refractivity contribution in [3.8, 4) is 0 Å². The lowest BCUT2D eigenvalue weighted by atomic mass is 9.88. The molecule has 0 aromatic rings. The molecule has 0 aromatic carbocycles. The van der Waals surface area contributed by atoms with Crippen LogP contribution >= 0.6 is 0 Å². The van der Waals surface area contributed by atoms with Crippen molar-refractivity contribution in [1.82, 2.24) is 10.2 Å². The lowest BCUT2D eigenvalue weighted by Crippen LogP contribution is -2.53. The quantitative estimate of drug-likeness (QED) is 0.794. The van der Waals surface area contributed by atoms with E-state index in [1.165, 1.54) is 77.4 Å². The highest BCUT2D eigenvalue weighted by molar-refractivity contribution is 4.92. The van der Waals surface area contributed by atoms with E-state index in [0.717, 1.165) is 29.8 Å². The smallest absolute Gasteiger partial charge is 0.0198 e. The van der Waals surface area contributed by atoms with Crippen LogP contribution in [-0.4, -0.2) is 36.6 Å². The fourth-order valence-electron chi connectivity index (χ4n) is 4.91. The van der Waals surface area contributed by atoms with Gasteiger partial charge in [-0.25, -0.2) is 0 Å². The van der Waals surface area contributed by atoms with Crippen LogP contribution in [0.15, 0.2) is 0 Å². The lowest BCUT2D eigenvalue weighted by molar-refractivity contribution is 0.0876. The SMILES string of the molecule is CCC(C1CC1)N1CC(C)CC(NCC2CCCCC2)C1. The molecule has 3 fully saturated rings. The zero-order valence-corrected chi connectivity index (χ0v) is 14.3. The average molecular weight is 293 g/mol. The summed E-state index contributed by atoms with van der Waals surface area (Å²) in [5.74, 6) is 2.87. The highest BCUT2D eigenvalue weighted by atomic mass is 15.2. The van der Waals surface area contributed by atoms with Crippen molar-refractivity contribution in [3.63, 3.8) is 0 Å². The van der Waals surface area contributed by atoms with Gasteiger partial charge in [-0.1, -0.05) is 33.1 Å². The minimum Gasteiger partial charge on any atom is -0.312 e. The molecule has 2 heteroatoms. The maximum atomic E-state index is 3.95. The summed E-state index contributed by atoms with van der Waals surface area (Å²) < 4.78 is 0. The van der Waals surface area contributed by atoms with Crippen molar-refractivity contribution in [2.75, 3.05) is 19.6 Å². The number of rotatable bonds is 6. The van der Waals surface area contributed by atoms with E-state index >= 15 is 0 Å². The molecular formula is C19H36N2. The molecule has 0 amide bonds. The molecule has 2 aliphatic carbocycles. The van der Waals surface area contributed by atoms with E-state index in [9.17, 15) is 0 Å². The average Bonchev–Trinajstić information content (AvgIpc) is 3.31. The lowest BCUT2D eigenvalue weighted by Gasteiger charge is -2.42. The molecule has 122 valence electrons. The van der Waals surface area contributed by atoms with Crippen LogP contribution in [0.4, 0.5) is 0 Å². The zero-order valence-electron chi connectivity index (χ0n) is 14.3. The molecule has 1 N–H and O–H groups in total. The summed E-state index contributed by atoms with van der Waals surface area (Å²) in [6.45, 7) is 8.79. The first-order chi connectivity index (χ1) is 10.3. The number of hydrogen-bond donors (Lipinski definition) is 1. The summed E-state index contributed by atoms with van der Waals surface area (Å²) in [6.07, 6.45) is 13.1. The Hall–Kier alpha value is -0.0800. The zero-order chi connectivity index (χ0) is 14.7. The Morgan fingerprint density at radius 3 is 2.48 bits per heavy atom. The van der Waals surface area contributed by atoms with Gasteiger partial charge in [0.15, 0.2) is 0 Å². The standard InChI is InChI=1S/C19H36N2/c1-3-19(17-9-10-17)21-13-15(2)11-18(14-21)20-12-16-7-5-4-6-8-16/h15-20H,3-14H2,1-2H3. The summed E-state index contributed by atoms with van der Waals surface area (Å²) in [6, 6.07) is 1.63. The Bertz CT molecular complexity index is 307. The number of nitrogens with zero attached hydrogens (tertiary/aromatic N) is 1. The fraction of sp³-hybridized carbons (Fsp3) is 1.00. The number of nitrogens with one attached hydrogen (secondary N) is 1. The monoisotopic (exact) mass is 292 g/mol. The molecular weight excluding hydrogens is 256 g/mol. The number of piperidine rings is 1. The van der Waals surface area contributed by atoms with E-state index in [0.29, 0.717) is 0 Å². The summed E-state index contributed by atoms with van der Waals surface area (Å²) in [4.78, 5) is 2.84. The van der Waals surface area contributed by atoms with Crippen LogP contribution in [0.25, 0.3) is 0 Å². The highest BCUT2D eigenvalue weighted by Gasteiger charge is 2.37.